The molecule has 0 aliphatic rings. The Morgan fingerprint density at radius 3 is 1.14 bits per heavy atom. The number of carbonyl (C=O) groups is 2. The molecule has 0 aromatic rings. The second-order valence-electron chi connectivity index (χ2n) is 19.3. The number of aliphatic hydroxyl groups excluding tert-OH is 2. The monoisotopic (exact) mass is 888 g/mol. The van der Waals surface area contributed by atoms with Crippen LogP contribution < -0.4 is 5.32 Å². The zero-order valence-corrected chi connectivity index (χ0v) is 42.5. The zero-order chi connectivity index (χ0) is 45.9. The second-order valence-corrected chi connectivity index (χ2v) is 19.3. The summed E-state index contributed by atoms with van der Waals surface area (Å²) in [5.74, 6) is -0.487. The maximum Gasteiger partial charge on any atom is 0.306 e. The molecule has 0 saturated carbocycles. The van der Waals surface area contributed by atoms with Gasteiger partial charge in [0.15, 0.2) is 0 Å². The summed E-state index contributed by atoms with van der Waals surface area (Å²) in [5.41, 5.74) is 0. The minimum Gasteiger partial charge on any atom is -0.462 e. The highest BCUT2D eigenvalue weighted by Crippen LogP contribution is 2.18. The first-order valence-corrected chi connectivity index (χ1v) is 28.1. The molecule has 0 saturated heterocycles. The summed E-state index contributed by atoms with van der Waals surface area (Å²) in [5, 5.41) is 23.9. The quantitative estimate of drug-likeness (QED) is 0.0321. The number of nitrogens with one attached hydrogen (secondary N) is 1. The molecule has 0 spiro atoms. The standard InChI is InChI=1S/C57H109NO5/c1-4-7-10-13-16-19-22-25-27-28-29-31-34-37-40-43-46-49-55(60)54(52-59)58-56(61)51-53(48-45-42-39-36-33-30-24-21-18-15-12-9-6-3)63-57(62)50-47-44-41-38-35-32-26-23-20-17-14-11-8-5-2/h21,24,32,35,53-55,59-60H,4-20,22-23,25-31,33-34,36-52H2,1-3H3,(H,58,61)/b24-21-,35-32-. The van der Waals surface area contributed by atoms with E-state index in [1.165, 1.54) is 193 Å². The van der Waals surface area contributed by atoms with Crippen LogP contribution in [0.5, 0.6) is 0 Å². The number of hydrogen-bond acceptors (Lipinski definition) is 5. The summed E-state index contributed by atoms with van der Waals surface area (Å²) >= 11 is 0. The number of allylic oxidation sites excluding steroid dienone is 4. The van der Waals surface area contributed by atoms with E-state index < -0.39 is 18.2 Å². The lowest BCUT2D eigenvalue weighted by atomic mass is 10.0. The third-order valence-electron chi connectivity index (χ3n) is 13.0. The van der Waals surface area contributed by atoms with Crippen molar-refractivity contribution in [2.75, 3.05) is 6.61 Å². The van der Waals surface area contributed by atoms with Crippen molar-refractivity contribution < 1.29 is 24.5 Å². The van der Waals surface area contributed by atoms with E-state index in [2.05, 4.69) is 50.4 Å². The third-order valence-corrected chi connectivity index (χ3v) is 13.0. The van der Waals surface area contributed by atoms with Crippen molar-refractivity contribution in [3.05, 3.63) is 24.3 Å². The Morgan fingerprint density at radius 2 is 0.762 bits per heavy atom. The van der Waals surface area contributed by atoms with E-state index >= 15 is 0 Å². The van der Waals surface area contributed by atoms with Crippen LogP contribution in [-0.4, -0.2) is 46.9 Å². The van der Waals surface area contributed by atoms with Gasteiger partial charge in [0.1, 0.15) is 6.10 Å². The lowest BCUT2D eigenvalue weighted by Gasteiger charge is -2.24. The smallest absolute Gasteiger partial charge is 0.306 e. The highest BCUT2D eigenvalue weighted by Gasteiger charge is 2.24. The molecule has 6 nitrogen and oxygen atoms in total. The van der Waals surface area contributed by atoms with E-state index in [1.54, 1.807) is 0 Å². The first-order chi connectivity index (χ1) is 31.0. The second kappa shape index (κ2) is 51.3. The molecule has 0 aliphatic heterocycles. The van der Waals surface area contributed by atoms with Gasteiger partial charge in [-0.3, -0.25) is 9.59 Å². The molecule has 0 heterocycles. The van der Waals surface area contributed by atoms with Crippen molar-refractivity contribution in [2.24, 2.45) is 0 Å². The van der Waals surface area contributed by atoms with E-state index in [-0.39, 0.29) is 24.9 Å². The SMILES string of the molecule is CCCCCC/C=C\CCCCCCCC(CC(=O)NC(CO)C(O)CCCCCCCCCCCCCCCCCCC)OC(=O)CCCCC/C=C\CCCCCCCCC. The molecule has 0 aromatic heterocycles. The molecule has 3 atom stereocenters. The normalized spacial score (nSPS) is 13.3. The Hall–Kier alpha value is -1.66. The maximum absolute atomic E-state index is 13.2. The van der Waals surface area contributed by atoms with Gasteiger partial charge in [-0.25, -0.2) is 0 Å². The number of hydrogen-bond donors (Lipinski definition) is 3. The molecule has 0 aliphatic carbocycles. The first kappa shape index (κ1) is 61.3. The summed E-state index contributed by atoms with van der Waals surface area (Å²) < 4.78 is 5.94. The number of rotatable bonds is 51. The van der Waals surface area contributed by atoms with Gasteiger partial charge < -0.3 is 20.3 Å². The largest absolute Gasteiger partial charge is 0.462 e. The van der Waals surface area contributed by atoms with Crippen molar-refractivity contribution in [1.29, 1.82) is 0 Å². The average molecular weight is 889 g/mol. The summed E-state index contributed by atoms with van der Waals surface area (Å²) in [6.45, 7) is 6.49. The first-order valence-electron chi connectivity index (χ1n) is 28.1. The Bertz CT molecular complexity index is 997. The van der Waals surface area contributed by atoms with Crippen molar-refractivity contribution in [2.45, 2.75) is 322 Å². The van der Waals surface area contributed by atoms with Gasteiger partial charge in [-0.1, -0.05) is 238 Å². The molecule has 372 valence electrons. The zero-order valence-electron chi connectivity index (χ0n) is 42.5. The molecule has 0 radical (unpaired) electrons. The summed E-state index contributed by atoms with van der Waals surface area (Å²) in [6.07, 6.45) is 59.5. The third kappa shape index (κ3) is 46.7. The van der Waals surface area contributed by atoms with E-state index in [1.807, 2.05) is 0 Å². The number of carbonyl (C=O) groups excluding carboxylic acids is 2. The molecule has 0 rings (SSSR count). The summed E-state index contributed by atoms with van der Waals surface area (Å²) in [7, 11) is 0. The van der Waals surface area contributed by atoms with Crippen LogP contribution in [0.1, 0.15) is 303 Å². The molecule has 1 amide bonds. The van der Waals surface area contributed by atoms with E-state index in [0.717, 1.165) is 64.2 Å². The number of amides is 1. The van der Waals surface area contributed by atoms with E-state index in [9.17, 15) is 19.8 Å². The Labute approximate surface area is 392 Å². The predicted molar refractivity (Wildman–Crippen MR) is 273 cm³/mol. The van der Waals surface area contributed by atoms with Crippen LogP contribution in [0, 0.1) is 0 Å². The highest BCUT2D eigenvalue weighted by atomic mass is 16.5. The lowest BCUT2D eigenvalue weighted by Crippen LogP contribution is -2.46. The Kier molecular flexibility index (Phi) is 50.0. The van der Waals surface area contributed by atoms with E-state index in [0.29, 0.717) is 19.3 Å². The molecule has 0 aromatic carbocycles. The summed E-state index contributed by atoms with van der Waals surface area (Å²) in [4.78, 5) is 26.2. The Balaban J connectivity index is 4.51. The molecule has 3 unspecified atom stereocenters. The van der Waals surface area contributed by atoms with Gasteiger partial charge >= 0.3 is 5.97 Å². The highest BCUT2D eigenvalue weighted by molar-refractivity contribution is 5.77. The topological polar surface area (TPSA) is 95.9 Å². The van der Waals surface area contributed by atoms with Gasteiger partial charge in [0.2, 0.25) is 5.91 Å². The fourth-order valence-electron chi connectivity index (χ4n) is 8.72. The van der Waals surface area contributed by atoms with Crippen molar-refractivity contribution in [3.8, 4) is 0 Å². The lowest BCUT2D eigenvalue weighted by molar-refractivity contribution is -0.151. The predicted octanol–water partition coefficient (Wildman–Crippen LogP) is 17.1. The molecule has 63 heavy (non-hydrogen) atoms. The number of unbranched alkanes of at least 4 members (excludes halogenated alkanes) is 35. The van der Waals surface area contributed by atoms with Crippen LogP contribution >= 0.6 is 0 Å². The van der Waals surface area contributed by atoms with Crippen LogP contribution in [0.3, 0.4) is 0 Å². The molecule has 0 bridgehead atoms. The fourth-order valence-corrected chi connectivity index (χ4v) is 8.72. The average Bonchev–Trinajstić information content (AvgIpc) is 3.28. The van der Waals surface area contributed by atoms with Gasteiger partial charge in [-0.15, -0.1) is 0 Å². The van der Waals surface area contributed by atoms with Gasteiger partial charge in [0, 0.05) is 6.42 Å². The van der Waals surface area contributed by atoms with Crippen LogP contribution in [0.25, 0.3) is 0 Å². The maximum atomic E-state index is 13.2. The van der Waals surface area contributed by atoms with Gasteiger partial charge in [0.25, 0.3) is 0 Å². The molecule has 0 fully saturated rings. The number of esters is 1. The van der Waals surface area contributed by atoms with Gasteiger partial charge in [-0.05, 0) is 77.0 Å². The fraction of sp³-hybridized carbons (Fsp3) is 0.895. The van der Waals surface area contributed by atoms with E-state index in [4.69, 9.17) is 4.74 Å². The van der Waals surface area contributed by atoms with Gasteiger partial charge in [0.05, 0.1) is 25.2 Å². The van der Waals surface area contributed by atoms with Crippen molar-refractivity contribution in [3.63, 3.8) is 0 Å². The molecule has 3 N–H and O–H groups in total. The van der Waals surface area contributed by atoms with Crippen LogP contribution in [0.15, 0.2) is 24.3 Å². The molecule has 6 heteroatoms. The van der Waals surface area contributed by atoms with Crippen molar-refractivity contribution >= 4 is 11.9 Å². The number of ether oxygens (including phenoxy) is 1. The summed E-state index contributed by atoms with van der Waals surface area (Å²) in [6, 6.07) is -0.704. The van der Waals surface area contributed by atoms with Crippen LogP contribution in [-0.2, 0) is 14.3 Å². The van der Waals surface area contributed by atoms with Crippen molar-refractivity contribution in [1.82, 2.24) is 5.32 Å². The van der Waals surface area contributed by atoms with Gasteiger partial charge in [-0.2, -0.15) is 0 Å². The Morgan fingerprint density at radius 1 is 0.444 bits per heavy atom. The molecular weight excluding hydrogens is 779 g/mol. The minimum atomic E-state index is -0.789. The van der Waals surface area contributed by atoms with Crippen LogP contribution in [0.2, 0.25) is 0 Å². The van der Waals surface area contributed by atoms with Crippen LogP contribution in [0.4, 0.5) is 0 Å². The molecular formula is C57H109NO5. The minimum absolute atomic E-state index is 0.0701. The number of aliphatic hydroxyl groups is 2.